The molecule has 0 saturated carbocycles. The summed E-state index contributed by atoms with van der Waals surface area (Å²) in [5, 5.41) is 0.634. The van der Waals surface area contributed by atoms with Crippen LogP contribution < -0.4 is 4.74 Å². The molecule has 0 atom stereocenters. The molecule has 6 nitrogen and oxygen atoms in total. The van der Waals surface area contributed by atoms with Crippen molar-refractivity contribution in [1.29, 1.82) is 0 Å². The van der Waals surface area contributed by atoms with Gasteiger partial charge in [-0.25, -0.2) is 4.79 Å². The lowest BCUT2D eigenvalue weighted by Crippen LogP contribution is -2.39. The van der Waals surface area contributed by atoms with Gasteiger partial charge in [0.05, 0.1) is 12.7 Å². The molecule has 0 spiro atoms. The lowest BCUT2D eigenvalue weighted by Gasteiger charge is -2.33. The maximum absolute atomic E-state index is 13.3. The summed E-state index contributed by atoms with van der Waals surface area (Å²) in [7, 11) is 1.38. The first-order valence-electron chi connectivity index (χ1n) is 10.6. The predicted octanol–water partition coefficient (Wildman–Crippen LogP) is 4.98. The number of methoxy groups -OCH3 is 1. The number of carbonyl (C=O) groups is 2. The van der Waals surface area contributed by atoms with Crippen molar-refractivity contribution < 1.29 is 19.1 Å². The second-order valence-electron chi connectivity index (χ2n) is 7.69. The lowest BCUT2D eigenvalue weighted by molar-refractivity contribution is 0.0573. The number of rotatable bonds is 6. The Kier molecular flexibility index (Phi) is 6.81. The number of halogens is 1. The Balaban J connectivity index is 1.42. The van der Waals surface area contributed by atoms with Crippen molar-refractivity contribution in [3.63, 3.8) is 0 Å². The first kappa shape index (κ1) is 22.0. The highest BCUT2D eigenvalue weighted by molar-refractivity contribution is 6.31. The van der Waals surface area contributed by atoms with E-state index in [0.29, 0.717) is 35.1 Å². The van der Waals surface area contributed by atoms with Gasteiger partial charge >= 0.3 is 5.97 Å². The lowest BCUT2D eigenvalue weighted by atomic mass is 10.0. The van der Waals surface area contributed by atoms with E-state index in [-0.39, 0.29) is 24.5 Å². The first-order chi connectivity index (χ1) is 15.6. The standard InChI is InChI=1S/C25H25ClN2O4/c1-31-25(30)22-10-6-14-28(22)19-12-15-27(16-13-19)24(29)20-8-3-5-11-23(20)32-17-18-7-2-4-9-21(18)26/h2-11,14,19H,12-13,15-17H2,1H3. The van der Waals surface area contributed by atoms with Gasteiger partial charge in [-0.3, -0.25) is 4.79 Å². The fraction of sp³-hybridized carbons (Fsp3) is 0.280. The molecule has 1 saturated heterocycles. The van der Waals surface area contributed by atoms with Gasteiger partial charge in [0.15, 0.2) is 0 Å². The van der Waals surface area contributed by atoms with Crippen molar-refractivity contribution in [2.45, 2.75) is 25.5 Å². The molecule has 32 heavy (non-hydrogen) atoms. The van der Waals surface area contributed by atoms with Crippen molar-refractivity contribution in [1.82, 2.24) is 9.47 Å². The zero-order chi connectivity index (χ0) is 22.5. The monoisotopic (exact) mass is 452 g/mol. The molecule has 2 aromatic carbocycles. The van der Waals surface area contributed by atoms with Gasteiger partial charge in [-0.05, 0) is 43.2 Å². The van der Waals surface area contributed by atoms with Gasteiger partial charge in [0.25, 0.3) is 5.91 Å². The summed E-state index contributed by atoms with van der Waals surface area (Å²) in [4.78, 5) is 27.1. The Labute approximate surface area is 192 Å². The third-order valence-electron chi connectivity index (χ3n) is 5.78. The Hall–Kier alpha value is -3.25. The maximum atomic E-state index is 13.3. The van der Waals surface area contributed by atoms with E-state index in [1.807, 2.05) is 58.1 Å². The van der Waals surface area contributed by atoms with E-state index >= 15 is 0 Å². The molecular formula is C25H25ClN2O4. The van der Waals surface area contributed by atoms with Crippen LogP contribution in [0, 0.1) is 0 Å². The zero-order valence-electron chi connectivity index (χ0n) is 17.9. The van der Waals surface area contributed by atoms with Crippen LogP contribution in [-0.4, -0.2) is 41.5 Å². The molecule has 1 aliphatic heterocycles. The van der Waals surface area contributed by atoms with Crippen LogP contribution in [0.1, 0.15) is 45.3 Å². The summed E-state index contributed by atoms with van der Waals surface area (Å²) < 4.78 is 12.8. The normalized spacial score (nSPS) is 14.2. The number of para-hydroxylation sites is 1. The molecule has 0 bridgehead atoms. The molecule has 3 aromatic rings. The average molecular weight is 453 g/mol. The van der Waals surface area contributed by atoms with E-state index in [0.717, 1.165) is 18.4 Å². The second-order valence-corrected chi connectivity index (χ2v) is 8.10. The SMILES string of the molecule is COC(=O)c1cccn1C1CCN(C(=O)c2ccccc2OCc2ccccc2Cl)CC1. The Morgan fingerprint density at radius 1 is 1.00 bits per heavy atom. The third kappa shape index (κ3) is 4.65. The van der Waals surface area contributed by atoms with Crippen LogP contribution in [0.2, 0.25) is 5.02 Å². The minimum absolute atomic E-state index is 0.0566. The van der Waals surface area contributed by atoms with E-state index < -0.39 is 0 Å². The van der Waals surface area contributed by atoms with Crippen molar-refractivity contribution in [3.05, 3.63) is 88.7 Å². The molecule has 166 valence electrons. The molecule has 1 fully saturated rings. The number of benzene rings is 2. The third-order valence-corrected chi connectivity index (χ3v) is 6.15. The summed E-state index contributed by atoms with van der Waals surface area (Å²) in [5.74, 6) is 0.134. The molecule has 1 aliphatic rings. The van der Waals surface area contributed by atoms with Gasteiger partial charge in [0, 0.05) is 35.9 Å². The van der Waals surface area contributed by atoms with Crippen LogP contribution in [0.3, 0.4) is 0 Å². The smallest absolute Gasteiger partial charge is 0.354 e. The molecular weight excluding hydrogens is 428 g/mol. The van der Waals surface area contributed by atoms with Gasteiger partial charge in [0.2, 0.25) is 0 Å². The van der Waals surface area contributed by atoms with Crippen LogP contribution >= 0.6 is 11.6 Å². The topological polar surface area (TPSA) is 60.8 Å². The van der Waals surface area contributed by atoms with Gasteiger partial charge in [-0.2, -0.15) is 0 Å². The van der Waals surface area contributed by atoms with Crippen LogP contribution in [-0.2, 0) is 11.3 Å². The Morgan fingerprint density at radius 2 is 1.72 bits per heavy atom. The minimum atomic E-state index is -0.349. The van der Waals surface area contributed by atoms with Crippen molar-refractivity contribution in [2.24, 2.45) is 0 Å². The van der Waals surface area contributed by atoms with Crippen molar-refractivity contribution >= 4 is 23.5 Å². The highest BCUT2D eigenvalue weighted by Crippen LogP contribution is 2.28. The number of ether oxygens (including phenoxy) is 2. The molecule has 2 heterocycles. The number of hydrogen-bond acceptors (Lipinski definition) is 4. The van der Waals surface area contributed by atoms with Crippen LogP contribution in [0.25, 0.3) is 0 Å². The van der Waals surface area contributed by atoms with E-state index in [1.165, 1.54) is 7.11 Å². The molecule has 1 aromatic heterocycles. The highest BCUT2D eigenvalue weighted by atomic mass is 35.5. The van der Waals surface area contributed by atoms with Crippen LogP contribution in [0.15, 0.2) is 66.9 Å². The van der Waals surface area contributed by atoms with E-state index in [9.17, 15) is 9.59 Å². The Morgan fingerprint density at radius 3 is 2.47 bits per heavy atom. The number of esters is 1. The number of nitrogens with zero attached hydrogens (tertiary/aromatic N) is 2. The van der Waals surface area contributed by atoms with E-state index in [1.54, 1.807) is 18.2 Å². The molecule has 0 aliphatic carbocycles. The molecule has 7 heteroatoms. The predicted molar refractivity (Wildman–Crippen MR) is 122 cm³/mol. The van der Waals surface area contributed by atoms with Crippen molar-refractivity contribution in [3.8, 4) is 5.75 Å². The molecule has 4 rings (SSSR count). The van der Waals surface area contributed by atoms with Crippen LogP contribution in [0.5, 0.6) is 5.75 Å². The number of likely N-dealkylation sites (tertiary alicyclic amines) is 1. The number of carbonyl (C=O) groups excluding carboxylic acids is 2. The fourth-order valence-electron chi connectivity index (χ4n) is 4.05. The summed E-state index contributed by atoms with van der Waals surface area (Å²) >= 11 is 6.22. The van der Waals surface area contributed by atoms with E-state index in [4.69, 9.17) is 21.1 Å². The average Bonchev–Trinajstić information content (AvgIpc) is 3.33. The highest BCUT2D eigenvalue weighted by Gasteiger charge is 2.28. The number of hydrogen-bond donors (Lipinski definition) is 0. The first-order valence-corrected chi connectivity index (χ1v) is 11.0. The number of aromatic nitrogens is 1. The Bertz CT molecular complexity index is 1100. The zero-order valence-corrected chi connectivity index (χ0v) is 18.6. The van der Waals surface area contributed by atoms with Gasteiger partial charge in [-0.15, -0.1) is 0 Å². The molecule has 0 N–H and O–H groups in total. The molecule has 1 amide bonds. The molecule has 0 unspecified atom stereocenters. The fourth-order valence-corrected chi connectivity index (χ4v) is 4.24. The number of piperidine rings is 1. The largest absolute Gasteiger partial charge is 0.488 e. The molecule has 0 radical (unpaired) electrons. The summed E-state index contributed by atoms with van der Waals surface area (Å²) in [6.07, 6.45) is 3.41. The van der Waals surface area contributed by atoms with Crippen molar-refractivity contribution in [2.75, 3.05) is 20.2 Å². The van der Waals surface area contributed by atoms with Gasteiger partial charge in [0.1, 0.15) is 18.1 Å². The van der Waals surface area contributed by atoms with E-state index in [2.05, 4.69) is 0 Å². The van der Waals surface area contributed by atoms with Gasteiger partial charge < -0.3 is 18.9 Å². The maximum Gasteiger partial charge on any atom is 0.354 e. The number of amides is 1. The van der Waals surface area contributed by atoms with Gasteiger partial charge in [-0.1, -0.05) is 41.9 Å². The quantitative estimate of drug-likeness (QED) is 0.494. The summed E-state index contributed by atoms with van der Waals surface area (Å²) in [5.41, 5.74) is 1.94. The van der Waals surface area contributed by atoms with Crippen LogP contribution in [0.4, 0.5) is 0 Å². The summed E-state index contributed by atoms with van der Waals surface area (Å²) in [6.45, 7) is 1.48. The second kappa shape index (κ2) is 9.92. The summed E-state index contributed by atoms with van der Waals surface area (Å²) in [6, 6.07) is 18.5. The minimum Gasteiger partial charge on any atom is -0.488 e.